The van der Waals surface area contributed by atoms with Gasteiger partial charge in [0.25, 0.3) is 11.8 Å². The molecule has 3 aromatic rings. The summed E-state index contributed by atoms with van der Waals surface area (Å²) in [4.78, 5) is 26.2. The summed E-state index contributed by atoms with van der Waals surface area (Å²) in [6.45, 7) is 0.0538. The van der Waals surface area contributed by atoms with Gasteiger partial charge in [-0.05, 0) is 30.3 Å². The molecule has 0 fully saturated rings. The first-order chi connectivity index (χ1) is 12.6. The number of ether oxygens (including phenoxy) is 1. The number of rotatable bonds is 4. The molecule has 1 heterocycles. The van der Waals surface area contributed by atoms with Gasteiger partial charge in [-0.2, -0.15) is 0 Å². The van der Waals surface area contributed by atoms with Crippen molar-refractivity contribution in [2.45, 2.75) is 6.61 Å². The molecule has 0 aliphatic carbocycles. The smallest absolute Gasteiger partial charge is 0.266 e. The number of carbonyl (C=O) groups is 2. The molecule has 0 N–H and O–H groups in total. The second kappa shape index (κ2) is 6.44. The van der Waals surface area contributed by atoms with Crippen LogP contribution in [0, 0.1) is 5.82 Å². The van der Waals surface area contributed by atoms with E-state index < -0.39 is 0 Å². The molecular formula is C21H14FNO3. The Morgan fingerprint density at radius 2 is 1.46 bits per heavy atom. The minimum atomic E-state index is -0.364. The van der Waals surface area contributed by atoms with Gasteiger partial charge in [0.15, 0.2) is 0 Å². The number of carbonyl (C=O) groups excluding carboxylic acids is 2. The highest BCUT2D eigenvalue weighted by molar-refractivity contribution is 6.34. The molecule has 0 spiro atoms. The minimum absolute atomic E-state index is 0.0538. The molecule has 0 radical (unpaired) electrons. The molecule has 128 valence electrons. The second-order valence-electron chi connectivity index (χ2n) is 5.87. The third kappa shape index (κ3) is 2.73. The number of hydrogen-bond donors (Lipinski definition) is 0. The van der Waals surface area contributed by atoms with Gasteiger partial charge in [-0.15, -0.1) is 0 Å². The largest absolute Gasteiger partial charge is 0.489 e. The zero-order chi connectivity index (χ0) is 18.1. The molecule has 2 amide bonds. The van der Waals surface area contributed by atoms with Crippen molar-refractivity contribution >= 4 is 17.5 Å². The minimum Gasteiger partial charge on any atom is -0.489 e. The number of benzene rings is 3. The van der Waals surface area contributed by atoms with E-state index >= 15 is 0 Å². The van der Waals surface area contributed by atoms with E-state index in [1.54, 1.807) is 66.7 Å². The van der Waals surface area contributed by atoms with Gasteiger partial charge < -0.3 is 4.74 Å². The molecule has 26 heavy (non-hydrogen) atoms. The number of fused-ring (bicyclic) bond motifs is 1. The van der Waals surface area contributed by atoms with Crippen LogP contribution in [0.1, 0.15) is 26.3 Å². The number of nitrogens with zero attached hydrogens (tertiary/aromatic N) is 1. The average Bonchev–Trinajstić information content (AvgIpc) is 2.92. The van der Waals surface area contributed by atoms with Crippen LogP contribution in [-0.2, 0) is 6.61 Å². The molecule has 0 saturated carbocycles. The molecule has 5 heteroatoms. The summed E-state index contributed by atoms with van der Waals surface area (Å²) in [6, 6.07) is 19.7. The van der Waals surface area contributed by atoms with E-state index in [0.717, 1.165) is 4.90 Å². The summed E-state index contributed by atoms with van der Waals surface area (Å²) in [5, 5.41) is 0. The van der Waals surface area contributed by atoms with Gasteiger partial charge in [-0.3, -0.25) is 9.59 Å². The fourth-order valence-corrected chi connectivity index (χ4v) is 2.91. The van der Waals surface area contributed by atoms with Crippen LogP contribution in [-0.4, -0.2) is 11.8 Å². The van der Waals surface area contributed by atoms with Crippen LogP contribution in [0.2, 0.25) is 0 Å². The van der Waals surface area contributed by atoms with Crippen molar-refractivity contribution in [3.8, 4) is 5.75 Å². The van der Waals surface area contributed by atoms with Crippen LogP contribution < -0.4 is 9.64 Å². The lowest BCUT2D eigenvalue weighted by Gasteiger charge is -2.15. The average molecular weight is 347 g/mol. The molecule has 0 atom stereocenters. The van der Waals surface area contributed by atoms with E-state index in [2.05, 4.69) is 0 Å². The van der Waals surface area contributed by atoms with Gasteiger partial charge in [-0.1, -0.05) is 36.4 Å². The van der Waals surface area contributed by atoms with Gasteiger partial charge in [-0.25, -0.2) is 9.29 Å². The molecule has 1 aliphatic rings. The Labute approximate surface area is 149 Å². The van der Waals surface area contributed by atoms with Crippen LogP contribution in [0.3, 0.4) is 0 Å². The maximum Gasteiger partial charge on any atom is 0.266 e. The third-order valence-electron chi connectivity index (χ3n) is 4.22. The molecule has 4 nitrogen and oxygen atoms in total. The Balaban J connectivity index is 1.58. The molecule has 0 aromatic heterocycles. The Morgan fingerprint density at radius 1 is 0.808 bits per heavy atom. The number of amides is 2. The van der Waals surface area contributed by atoms with E-state index in [0.29, 0.717) is 28.1 Å². The first kappa shape index (κ1) is 16.0. The molecule has 1 aliphatic heterocycles. The van der Waals surface area contributed by atoms with Crippen LogP contribution >= 0.6 is 0 Å². The van der Waals surface area contributed by atoms with E-state index in [4.69, 9.17) is 4.74 Å². The Hall–Kier alpha value is -3.47. The normalized spacial score (nSPS) is 13.0. The van der Waals surface area contributed by atoms with Gasteiger partial charge in [0.05, 0.1) is 16.8 Å². The number of halogens is 1. The summed E-state index contributed by atoms with van der Waals surface area (Å²) >= 11 is 0. The van der Waals surface area contributed by atoms with E-state index in [1.165, 1.54) is 6.07 Å². The van der Waals surface area contributed by atoms with Crippen molar-refractivity contribution in [3.05, 3.63) is 95.3 Å². The zero-order valence-corrected chi connectivity index (χ0v) is 13.7. The van der Waals surface area contributed by atoms with E-state index in [1.807, 2.05) is 0 Å². The van der Waals surface area contributed by atoms with Crippen LogP contribution in [0.15, 0.2) is 72.8 Å². The molecule has 0 unspecified atom stereocenters. The summed E-state index contributed by atoms with van der Waals surface area (Å²) in [5.41, 5.74) is 1.62. The molecule has 0 bridgehead atoms. The Morgan fingerprint density at radius 3 is 2.15 bits per heavy atom. The molecule has 3 aromatic carbocycles. The topological polar surface area (TPSA) is 46.6 Å². The van der Waals surface area contributed by atoms with Gasteiger partial charge in [0.1, 0.15) is 18.2 Å². The highest BCUT2D eigenvalue weighted by Crippen LogP contribution is 2.30. The predicted octanol–water partition coefficient (Wildman–Crippen LogP) is 4.21. The summed E-state index contributed by atoms with van der Waals surface area (Å²) in [7, 11) is 0. The van der Waals surface area contributed by atoms with E-state index in [-0.39, 0.29) is 24.2 Å². The molecule has 0 saturated heterocycles. The SMILES string of the molecule is O=C1c2ccccc2C(=O)N1c1cccc(OCc2ccccc2F)c1. The number of anilines is 1. The maximum atomic E-state index is 13.7. The quantitative estimate of drug-likeness (QED) is 0.665. The Kier molecular flexibility index (Phi) is 3.97. The summed E-state index contributed by atoms with van der Waals surface area (Å²) in [6.07, 6.45) is 0. The standard InChI is InChI=1S/C21H14FNO3/c22-19-11-4-1-6-14(19)13-26-16-8-5-7-15(12-16)23-20(24)17-9-2-3-10-18(17)21(23)25/h1-12H,13H2. The van der Waals surface area contributed by atoms with Crippen molar-refractivity contribution in [3.63, 3.8) is 0 Å². The van der Waals surface area contributed by atoms with Crippen molar-refractivity contribution in [1.82, 2.24) is 0 Å². The third-order valence-corrected chi connectivity index (χ3v) is 4.22. The number of imide groups is 1. The highest BCUT2D eigenvalue weighted by Gasteiger charge is 2.36. The van der Waals surface area contributed by atoms with Crippen molar-refractivity contribution in [1.29, 1.82) is 0 Å². The van der Waals surface area contributed by atoms with Crippen molar-refractivity contribution in [2.24, 2.45) is 0 Å². The fraction of sp³-hybridized carbons (Fsp3) is 0.0476. The maximum absolute atomic E-state index is 13.7. The molecule has 4 rings (SSSR count). The first-order valence-corrected chi connectivity index (χ1v) is 8.09. The lowest BCUT2D eigenvalue weighted by Crippen LogP contribution is -2.29. The lowest BCUT2D eigenvalue weighted by atomic mass is 10.1. The van der Waals surface area contributed by atoms with Crippen molar-refractivity contribution in [2.75, 3.05) is 4.90 Å². The predicted molar refractivity (Wildman–Crippen MR) is 94.8 cm³/mol. The van der Waals surface area contributed by atoms with Gasteiger partial charge in [0, 0.05) is 11.6 Å². The van der Waals surface area contributed by atoms with Gasteiger partial charge in [0.2, 0.25) is 0 Å². The zero-order valence-electron chi connectivity index (χ0n) is 13.7. The first-order valence-electron chi connectivity index (χ1n) is 8.09. The van der Waals surface area contributed by atoms with Crippen LogP contribution in [0.5, 0.6) is 5.75 Å². The lowest BCUT2D eigenvalue weighted by molar-refractivity contribution is 0.0926. The highest BCUT2D eigenvalue weighted by atomic mass is 19.1. The summed E-state index contributed by atoms with van der Waals surface area (Å²) < 4.78 is 19.3. The summed E-state index contributed by atoms with van der Waals surface area (Å²) in [5.74, 6) is -0.625. The van der Waals surface area contributed by atoms with Crippen molar-refractivity contribution < 1.29 is 18.7 Å². The molecular weight excluding hydrogens is 333 g/mol. The second-order valence-corrected chi connectivity index (χ2v) is 5.87. The van der Waals surface area contributed by atoms with Crippen LogP contribution in [0.4, 0.5) is 10.1 Å². The van der Waals surface area contributed by atoms with Crippen LogP contribution in [0.25, 0.3) is 0 Å². The fourth-order valence-electron chi connectivity index (χ4n) is 2.91. The Bertz CT molecular complexity index is 980. The van der Waals surface area contributed by atoms with E-state index in [9.17, 15) is 14.0 Å². The monoisotopic (exact) mass is 347 g/mol. The van der Waals surface area contributed by atoms with Gasteiger partial charge >= 0.3 is 0 Å². The number of hydrogen-bond acceptors (Lipinski definition) is 3.